The van der Waals surface area contributed by atoms with Gasteiger partial charge in [-0.25, -0.2) is 13.6 Å². The third-order valence-electron chi connectivity index (χ3n) is 1.68. The molecule has 0 bridgehead atoms. The van der Waals surface area contributed by atoms with E-state index in [1.54, 1.807) is 0 Å². The summed E-state index contributed by atoms with van der Waals surface area (Å²) in [6, 6.07) is 0. The van der Waals surface area contributed by atoms with Crippen LogP contribution in [0.2, 0.25) is 0 Å². The fourth-order valence-electron chi connectivity index (χ4n) is 0.765. The van der Waals surface area contributed by atoms with Gasteiger partial charge in [0.25, 0.3) is 0 Å². The van der Waals surface area contributed by atoms with E-state index in [0.29, 0.717) is 6.08 Å². The highest BCUT2D eigenvalue weighted by atomic mass is 19.1. The lowest BCUT2D eigenvalue weighted by molar-refractivity contribution is -0.140. The molecule has 0 amide bonds. The summed E-state index contributed by atoms with van der Waals surface area (Å²) < 4.78 is 43.3. The fourth-order valence-corrected chi connectivity index (χ4v) is 0.765. The second kappa shape index (κ2) is 6.87. The molecule has 0 heterocycles. The molecule has 0 saturated heterocycles. The van der Waals surface area contributed by atoms with E-state index in [9.17, 15) is 18.0 Å². The van der Waals surface area contributed by atoms with Crippen LogP contribution >= 0.6 is 0 Å². The molecule has 0 fully saturated rings. The highest BCUT2D eigenvalue weighted by Gasteiger charge is 2.16. The average Bonchev–Trinajstić information content (AvgIpc) is 2.26. The molecule has 0 unspecified atom stereocenters. The van der Waals surface area contributed by atoms with Crippen LogP contribution in [0.25, 0.3) is 0 Å². The third-order valence-corrected chi connectivity index (χ3v) is 1.68. The first-order chi connectivity index (χ1) is 7.43. The van der Waals surface area contributed by atoms with Gasteiger partial charge in [-0.05, 0) is 20.8 Å². The quantitative estimate of drug-likeness (QED) is 0.422. The standard InChI is InChI=1S/C11H13F3O2/c1-4-8(12)6-9(13)7(3)10(14)11(15)16-5-2/h4,6H,5H2,1-3H3. The highest BCUT2D eigenvalue weighted by Crippen LogP contribution is 2.20. The van der Waals surface area contributed by atoms with E-state index in [1.807, 2.05) is 0 Å². The van der Waals surface area contributed by atoms with E-state index in [2.05, 4.69) is 4.74 Å². The van der Waals surface area contributed by atoms with E-state index < -0.39 is 29.0 Å². The molecule has 0 saturated carbocycles. The van der Waals surface area contributed by atoms with Crippen molar-refractivity contribution in [2.45, 2.75) is 20.8 Å². The lowest BCUT2D eigenvalue weighted by atomic mass is 10.2. The van der Waals surface area contributed by atoms with Crippen LogP contribution in [0.4, 0.5) is 13.2 Å². The van der Waals surface area contributed by atoms with Crippen molar-refractivity contribution in [2.75, 3.05) is 6.61 Å². The number of carbonyl (C=O) groups is 1. The van der Waals surface area contributed by atoms with E-state index >= 15 is 0 Å². The normalized spacial score (nSPS) is 14.6. The molecule has 0 atom stereocenters. The molecule has 0 aliphatic rings. The summed E-state index contributed by atoms with van der Waals surface area (Å²) in [5.41, 5.74) is -0.588. The van der Waals surface area contributed by atoms with E-state index in [0.717, 1.165) is 13.0 Å². The molecule has 0 aliphatic heterocycles. The van der Waals surface area contributed by atoms with Gasteiger partial charge in [0.15, 0.2) is 0 Å². The molecule has 0 spiro atoms. The van der Waals surface area contributed by atoms with Gasteiger partial charge < -0.3 is 4.74 Å². The lowest BCUT2D eigenvalue weighted by Gasteiger charge is -2.02. The Morgan fingerprint density at radius 2 is 1.88 bits per heavy atom. The smallest absolute Gasteiger partial charge is 0.367 e. The van der Waals surface area contributed by atoms with Crippen LogP contribution in [-0.2, 0) is 9.53 Å². The highest BCUT2D eigenvalue weighted by molar-refractivity contribution is 5.87. The van der Waals surface area contributed by atoms with Crippen LogP contribution in [-0.4, -0.2) is 12.6 Å². The Labute approximate surface area is 92.1 Å². The summed E-state index contributed by atoms with van der Waals surface area (Å²) in [5.74, 6) is -4.63. The maximum absolute atomic E-state index is 13.2. The van der Waals surface area contributed by atoms with Crippen molar-refractivity contribution < 1.29 is 22.7 Å². The molecule has 0 aromatic rings. The van der Waals surface area contributed by atoms with Crippen molar-refractivity contribution >= 4 is 5.97 Å². The van der Waals surface area contributed by atoms with Gasteiger partial charge >= 0.3 is 5.97 Å². The van der Waals surface area contributed by atoms with Crippen LogP contribution in [0.5, 0.6) is 0 Å². The van der Waals surface area contributed by atoms with Gasteiger partial charge in [-0.3, -0.25) is 0 Å². The van der Waals surface area contributed by atoms with Gasteiger partial charge in [-0.15, -0.1) is 0 Å². The summed E-state index contributed by atoms with van der Waals surface area (Å²) in [5, 5.41) is 0. The van der Waals surface area contributed by atoms with Crippen molar-refractivity contribution in [2.24, 2.45) is 0 Å². The molecule has 0 aliphatic carbocycles. The minimum Gasteiger partial charge on any atom is -0.461 e. The second-order valence-corrected chi connectivity index (χ2v) is 2.83. The van der Waals surface area contributed by atoms with Gasteiger partial charge in [0.05, 0.1) is 6.61 Å². The lowest BCUT2D eigenvalue weighted by Crippen LogP contribution is -2.06. The molecule has 0 rings (SSSR count). The number of hydrogen-bond donors (Lipinski definition) is 0. The number of rotatable bonds is 4. The van der Waals surface area contributed by atoms with Crippen molar-refractivity contribution in [3.63, 3.8) is 0 Å². The molecule has 2 nitrogen and oxygen atoms in total. The number of ether oxygens (including phenoxy) is 1. The van der Waals surface area contributed by atoms with Gasteiger partial charge in [0.1, 0.15) is 11.7 Å². The Hall–Kier alpha value is -1.52. The summed E-state index contributed by atoms with van der Waals surface area (Å²) in [4.78, 5) is 10.9. The zero-order valence-electron chi connectivity index (χ0n) is 9.31. The fraction of sp³-hybridized carbons (Fsp3) is 0.364. The maximum atomic E-state index is 13.2. The van der Waals surface area contributed by atoms with E-state index in [-0.39, 0.29) is 6.61 Å². The van der Waals surface area contributed by atoms with Crippen LogP contribution in [0.15, 0.2) is 35.2 Å². The van der Waals surface area contributed by atoms with Gasteiger partial charge in [0, 0.05) is 11.6 Å². The van der Waals surface area contributed by atoms with Gasteiger partial charge in [0.2, 0.25) is 5.83 Å². The molecule has 0 N–H and O–H groups in total. The first-order valence-electron chi connectivity index (χ1n) is 4.66. The molecule has 0 aromatic heterocycles. The number of allylic oxidation sites excluding steroid dienone is 5. The van der Waals surface area contributed by atoms with Gasteiger partial charge in [-0.2, -0.15) is 4.39 Å². The zero-order valence-corrected chi connectivity index (χ0v) is 9.31. The molecular weight excluding hydrogens is 221 g/mol. The molecule has 90 valence electrons. The summed E-state index contributed by atoms with van der Waals surface area (Å²) >= 11 is 0. The Kier molecular flexibility index (Phi) is 6.22. The van der Waals surface area contributed by atoms with Gasteiger partial charge in [-0.1, -0.05) is 6.08 Å². The predicted molar refractivity (Wildman–Crippen MR) is 54.5 cm³/mol. The van der Waals surface area contributed by atoms with Crippen LogP contribution < -0.4 is 0 Å². The van der Waals surface area contributed by atoms with Crippen LogP contribution in [0.1, 0.15) is 20.8 Å². The minimum absolute atomic E-state index is 0.0198. The molecule has 16 heavy (non-hydrogen) atoms. The summed E-state index contributed by atoms with van der Waals surface area (Å²) in [6.45, 7) is 3.86. The number of halogens is 3. The average molecular weight is 234 g/mol. The van der Waals surface area contributed by atoms with E-state index in [1.165, 1.54) is 13.8 Å². The number of hydrogen-bond acceptors (Lipinski definition) is 2. The third kappa shape index (κ3) is 4.33. The summed E-state index contributed by atoms with van der Waals surface area (Å²) in [6.07, 6.45) is 1.50. The topological polar surface area (TPSA) is 26.3 Å². The van der Waals surface area contributed by atoms with Crippen LogP contribution in [0, 0.1) is 0 Å². The first kappa shape index (κ1) is 14.5. The first-order valence-corrected chi connectivity index (χ1v) is 4.66. The number of esters is 1. The second-order valence-electron chi connectivity index (χ2n) is 2.83. The van der Waals surface area contributed by atoms with Crippen LogP contribution in [0.3, 0.4) is 0 Å². The van der Waals surface area contributed by atoms with E-state index in [4.69, 9.17) is 0 Å². The molecule has 0 aromatic carbocycles. The van der Waals surface area contributed by atoms with Crippen molar-refractivity contribution in [1.82, 2.24) is 0 Å². The Morgan fingerprint density at radius 3 is 2.31 bits per heavy atom. The van der Waals surface area contributed by atoms with Crippen molar-refractivity contribution in [3.8, 4) is 0 Å². The maximum Gasteiger partial charge on any atom is 0.367 e. The zero-order chi connectivity index (χ0) is 12.7. The van der Waals surface area contributed by atoms with Crippen molar-refractivity contribution in [3.05, 3.63) is 35.2 Å². The monoisotopic (exact) mass is 234 g/mol. The molecule has 0 radical (unpaired) electrons. The Morgan fingerprint density at radius 1 is 1.31 bits per heavy atom. The molecular formula is C11H13F3O2. The molecule has 5 heteroatoms. The SMILES string of the molecule is CC=C(F)C=C(F)C(C)=C(F)C(=O)OCC. The Bertz CT molecular complexity index is 354. The predicted octanol–water partition coefficient (Wildman–Crippen LogP) is 3.52. The Balaban J connectivity index is 5.02. The minimum atomic E-state index is -1.36. The van der Waals surface area contributed by atoms with Crippen molar-refractivity contribution in [1.29, 1.82) is 0 Å². The number of carbonyl (C=O) groups excluding carboxylic acids is 1. The summed E-state index contributed by atoms with van der Waals surface area (Å²) in [7, 11) is 0. The largest absolute Gasteiger partial charge is 0.461 e.